The molecule has 14 heavy (non-hydrogen) atoms. The molecule has 0 atom stereocenters. The number of hydrogen-bond acceptors (Lipinski definition) is 3. The molecule has 0 fully saturated rings. The Bertz CT molecular complexity index is 260. The first-order valence-electron chi connectivity index (χ1n) is 3.09. The number of halogens is 3. The fourth-order valence-electron chi connectivity index (χ4n) is 0.669. The van der Waals surface area contributed by atoms with E-state index in [0.717, 1.165) is 12.1 Å². The summed E-state index contributed by atoms with van der Waals surface area (Å²) in [6, 6.07) is 4.98. The van der Waals surface area contributed by atoms with Crippen molar-refractivity contribution in [3.63, 3.8) is 0 Å². The van der Waals surface area contributed by atoms with Crippen LogP contribution in [0.5, 0.6) is 5.75 Å². The van der Waals surface area contributed by atoms with E-state index in [1.54, 1.807) is 0 Å². The molecule has 0 saturated heterocycles. The summed E-state index contributed by atoms with van der Waals surface area (Å²) in [5.74, 6) is -0.267. The van der Waals surface area contributed by atoms with Crippen molar-refractivity contribution in [2.75, 3.05) is 0 Å². The Balaban J connectivity index is 0. The van der Waals surface area contributed by atoms with E-state index in [-0.39, 0.29) is 16.7 Å². The van der Waals surface area contributed by atoms with Crippen molar-refractivity contribution < 1.29 is 28.9 Å². The van der Waals surface area contributed by atoms with E-state index in [4.69, 9.17) is 7.85 Å². The molecule has 0 bridgehead atoms. The Morgan fingerprint density at radius 3 is 1.79 bits per heavy atom. The van der Waals surface area contributed by atoms with Gasteiger partial charge in [0.25, 0.3) is 0 Å². The molecule has 1 aromatic carbocycles. The number of ether oxygens (including phenoxy) is 1. The fourth-order valence-corrected chi connectivity index (χ4v) is 0.669. The zero-order valence-electron chi connectivity index (χ0n) is 6.82. The van der Waals surface area contributed by atoms with E-state index in [2.05, 4.69) is 4.74 Å². The first-order valence-corrected chi connectivity index (χ1v) is 3.09. The van der Waals surface area contributed by atoms with Gasteiger partial charge >= 0.3 is 67.6 Å². The van der Waals surface area contributed by atoms with Crippen molar-refractivity contribution in [2.45, 2.75) is 6.36 Å². The van der Waals surface area contributed by atoms with Crippen molar-refractivity contribution in [1.29, 1.82) is 0 Å². The summed E-state index contributed by atoms with van der Waals surface area (Å²) >= 11 is 0. The van der Waals surface area contributed by atoms with Gasteiger partial charge in [-0.1, -0.05) is 0 Å². The van der Waals surface area contributed by atoms with Gasteiger partial charge in [0.05, 0.1) is 0 Å². The molecule has 76 valence electrons. The first kappa shape index (κ1) is 15.3. The van der Waals surface area contributed by atoms with E-state index in [1.165, 1.54) is 12.1 Å². The van der Waals surface area contributed by atoms with Crippen molar-refractivity contribution in [3.8, 4) is 5.75 Å². The average Bonchev–Trinajstić information content (AvgIpc) is 1.91. The SMILES string of the molecule is [B+2]c1ccc(OC(F)(F)F)cc1.[OH-].[OH-]. The van der Waals surface area contributed by atoms with E-state index in [0.29, 0.717) is 5.46 Å². The Morgan fingerprint density at radius 1 is 1.00 bits per heavy atom. The number of alkyl halides is 3. The van der Waals surface area contributed by atoms with Crippen molar-refractivity contribution in [3.05, 3.63) is 24.3 Å². The Morgan fingerprint density at radius 2 is 1.43 bits per heavy atom. The summed E-state index contributed by atoms with van der Waals surface area (Å²) in [6.07, 6.45) is -4.64. The van der Waals surface area contributed by atoms with E-state index < -0.39 is 6.36 Å². The van der Waals surface area contributed by atoms with Gasteiger partial charge in [-0.05, 0) is 0 Å². The van der Waals surface area contributed by atoms with Crippen LogP contribution in [-0.4, -0.2) is 25.2 Å². The van der Waals surface area contributed by atoms with Crippen LogP contribution < -0.4 is 10.2 Å². The van der Waals surface area contributed by atoms with Crippen LogP contribution in [0, 0.1) is 0 Å². The molecule has 0 heterocycles. The minimum absolute atomic E-state index is 0. The third kappa shape index (κ3) is 5.44. The summed E-state index contributed by atoms with van der Waals surface area (Å²) in [4.78, 5) is 0. The summed E-state index contributed by atoms with van der Waals surface area (Å²) in [6.45, 7) is 0. The minimum atomic E-state index is -4.64. The maximum Gasteiger partial charge on any atom is -0.870 e. The van der Waals surface area contributed by atoms with Crippen molar-refractivity contribution in [2.24, 2.45) is 0 Å². The van der Waals surface area contributed by atoms with Gasteiger partial charge in [-0.2, -0.15) is 0 Å². The van der Waals surface area contributed by atoms with Crippen LogP contribution in [-0.2, 0) is 0 Å². The molecule has 3 nitrogen and oxygen atoms in total. The molecule has 0 aliphatic carbocycles. The second kappa shape index (κ2) is 5.51. The fraction of sp³-hybridized carbons (Fsp3) is 0.143. The Hall–Kier alpha value is -1.21. The monoisotopic (exact) mass is 206 g/mol. The molecule has 0 aliphatic heterocycles. The second-order valence-electron chi connectivity index (χ2n) is 2.12. The van der Waals surface area contributed by atoms with Crippen LogP contribution in [0.25, 0.3) is 0 Å². The Labute approximate surface area is 79.5 Å². The van der Waals surface area contributed by atoms with Crippen molar-refractivity contribution in [1.82, 2.24) is 0 Å². The standard InChI is InChI=1S/C7H4BF3O.2H2O/c8-5-1-3-6(4-2-5)12-7(9,10)11;;/h1-4H;2*1H2/q+2;;/p-2. The van der Waals surface area contributed by atoms with E-state index in [1.807, 2.05) is 0 Å². The third-order valence-corrected chi connectivity index (χ3v) is 1.11. The van der Waals surface area contributed by atoms with E-state index in [9.17, 15) is 13.2 Å². The van der Waals surface area contributed by atoms with Gasteiger partial charge < -0.3 is 11.0 Å². The van der Waals surface area contributed by atoms with Gasteiger partial charge in [0, 0.05) is 0 Å². The van der Waals surface area contributed by atoms with Crippen LogP contribution in [0.15, 0.2) is 24.3 Å². The normalized spacial score (nSPS) is 9.79. The smallest absolute Gasteiger partial charge is 0.870 e. The van der Waals surface area contributed by atoms with Crippen LogP contribution >= 0.6 is 0 Å². The van der Waals surface area contributed by atoms with Gasteiger partial charge in [-0.25, -0.2) is 0 Å². The maximum absolute atomic E-state index is 11.6. The predicted molar refractivity (Wildman–Crippen MR) is 42.4 cm³/mol. The summed E-state index contributed by atoms with van der Waals surface area (Å²) in [7, 11) is 5.25. The number of hydrogen-bond donors (Lipinski definition) is 0. The molecule has 1 aromatic rings. The molecule has 0 unspecified atom stereocenters. The second-order valence-corrected chi connectivity index (χ2v) is 2.12. The quantitative estimate of drug-likeness (QED) is 0.644. The average molecular weight is 206 g/mol. The minimum Gasteiger partial charge on any atom is -0.870 e. The molecular weight excluding hydrogens is 200 g/mol. The van der Waals surface area contributed by atoms with Gasteiger partial charge in [-0.3, -0.25) is 0 Å². The molecule has 0 saturated carbocycles. The molecule has 2 N–H and O–H groups in total. The third-order valence-electron chi connectivity index (χ3n) is 1.11. The molecule has 0 aromatic heterocycles. The molecule has 1 rings (SSSR count). The summed E-state index contributed by atoms with van der Waals surface area (Å²) < 4.78 is 38.4. The maximum atomic E-state index is 11.6. The van der Waals surface area contributed by atoms with Crippen LogP contribution in [0.1, 0.15) is 0 Å². The summed E-state index contributed by atoms with van der Waals surface area (Å²) in [5.41, 5.74) is 0.393. The van der Waals surface area contributed by atoms with Gasteiger partial charge in [0.1, 0.15) is 0 Å². The molecule has 0 radical (unpaired) electrons. The van der Waals surface area contributed by atoms with Gasteiger partial charge in [-0.15, -0.1) is 0 Å². The summed E-state index contributed by atoms with van der Waals surface area (Å²) in [5, 5.41) is 0. The molecule has 7 heteroatoms. The van der Waals surface area contributed by atoms with E-state index >= 15 is 0 Å². The van der Waals surface area contributed by atoms with Crippen LogP contribution in [0.2, 0.25) is 0 Å². The van der Waals surface area contributed by atoms with Crippen LogP contribution in [0.4, 0.5) is 13.2 Å². The van der Waals surface area contributed by atoms with Gasteiger partial charge in [0.2, 0.25) is 0 Å². The van der Waals surface area contributed by atoms with Crippen molar-refractivity contribution >= 4 is 13.3 Å². The first-order chi connectivity index (χ1) is 5.47. The zero-order valence-corrected chi connectivity index (χ0v) is 6.82. The molecule has 0 aliphatic rings. The van der Waals surface area contributed by atoms with Gasteiger partial charge in [0.15, 0.2) is 0 Å². The topological polar surface area (TPSA) is 69.2 Å². The Kier molecular flexibility index (Phi) is 6.01. The zero-order chi connectivity index (χ0) is 9.19. The largest absolute Gasteiger partial charge is 0.870 e. The van der Waals surface area contributed by atoms with Crippen LogP contribution in [0.3, 0.4) is 0 Å². The number of rotatable bonds is 1. The number of benzene rings is 1. The molecule has 0 amide bonds. The molecule has 0 spiro atoms. The predicted octanol–water partition coefficient (Wildman–Crippen LogP) is 1.03. The molecular formula is C7H6BF3O3.